The van der Waals surface area contributed by atoms with Crippen LogP contribution in [0.2, 0.25) is 0 Å². The second-order valence-electron chi connectivity index (χ2n) is 5.65. The van der Waals surface area contributed by atoms with Crippen molar-refractivity contribution in [1.29, 1.82) is 0 Å². The maximum atomic E-state index is 13.7. The molecule has 0 fully saturated rings. The average Bonchev–Trinajstić information content (AvgIpc) is 2.82. The lowest BCUT2D eigenvalue weighted by atomic mass is 9.91. The molecule has 1 aliphatic carbocycles. The lowest BCUT2D eigenvalue weighted by Gasteiger charge is -2.28. The average molecular weight is 352 g/mol. The predicted molar refractivity (Wildman–Crippen MR) is 82.9 cm³/mol. The SMILES string of the molecule is CC(=O)NCCOc1cnc2c(c1)C(O)(C(F)(F)F)c1ccccc1-2. The summed E-state index contributed by atoms with van der Waals surface area (Å²) in [6.45, 7) is 1.62. The Morgan fingerprint density at radius 1 is 1.32 bits per heavy atom. The number of carbonyl (C=O) groups is 1. The summed E-state index contributed by atoms with van der Waals surface area (Å²) < 4.78 is 46.3. The largest absolute Gasteiger partial charge is 0.490 e. The van der Waals surface area contributed by atoms with Gasteiger partial charge in [0.2, 0.25) is 11.5 Å². The van der Waals surface area contributed by atoms with E-state index in [4.69, 9.17) is 4.74 Å². The van der Waals surface area contributed by atoms with Crippen LogP contribution in [0.15, 0.2) is 36.5 Å². The summed E-state index contributed by atoms with van der Waals surface area (Å²) in [6, 6.07) is 6.89. The third-order valence-electron chi connectivity index (χ3n) is 3.98. The van der Waals surface area contributed by atoms with E-state index in [0.29, 0.717) is 0 Å². The molecule has 0 radical (unpaired) electrons. The summed E-state index contributed by atoms with van der Waals surface area (Å²) in [5.74, 6) is -0.155. The number of hydrogen-bond donors (Lipinski definition) is 2. The first-order valence-corrected chi connectivity index (χ1v) is 7.52. The minimum atomic E-state index is -4.91. The van der Waals surface area contributed by atoms with Gasteiger partial charge in [0.15, 0.2) is 0 Å². The van der Waals surface area contributed by atoms with E-state index in [2.05, 4.69) is 10.3 Å². The van der Waals surface area contributed by atoms with Crippen LogP contribution in [0.3, 0.4) is 0 Å². The number of hydrogen-bond acceptors (Lipinski definition) is 4. The fourth-order valence-electron chi connectivity index (χ4n) is 2.87. The van der Waals surface area contributed by atoms with E-state index in [-0.39, 0.29) is 47.2 Å². The number of rotatable bonds is 4. The summed E-state index contributed by atoms with van der Waals surface area (Å²) >= 11 is 0. The molecule has 0 saturated heterocycles. The van der Waals surface area contributed by atoms with Gasteiger partial charge in [-0.1, -0.05) is 24.3 Å². The summed E-state index contributed by atoms with van der Waals surface area (Å²) in [4.78, 5) is 14.8. The van der Waals surface area contributed by atoms with Crippen molar-refractivity contribution in [2.75, 3.05) is 13.2 Å². The smallest absolute Gasteiger partial charge is 0.425 e. The van der Waals surface area contributed by atoms with Gasteiger partial charge in [-0.3, -0.25) is 9.78 Å². The molecule has 0 saturated carbocycles. The Kier molecular flexibility index (Phi) is 4.16. The molecule has 0 spiro atoms. The number of pyridine rings is 1. The van der Waals surface area contributed by atoms with Gasteiger partial charge in [-0.25, -0.2) is 0 Å². The van der Waals surface area contributed by atoms with Crippen LogP contribution in [-0.2, 0) is 10.4 Å². The second-order valence-corrected chi connectivity index (χ2v) is 5.65. The van der Waals surface area contributed by atoms with E-state index < -0.39 is 11.8 Å². The van der Waals surface area contributed by atoms with Gasteiger partial charge in [0.1, 0.15) is 12.4 Å². The number of nitrogens with zero attached hydrogens (tertiary/aromatic N) is 1. The van der Waals surface area contributed by atoms with E-state index >= 15 is 0 Å². The molecular formula is C17H15F3N2O3. The molecule has 1 aromatic heterocycles. The number of alkyl halides is 3. The van der Waals surface area contributed by atoms with Gasteiger partial charge in [0.25, 0.3) is 0 Å². The van der Waals surface area contributed by atoms with Crippen LogP contribution >= 0.6 is 0 Å². The van der Waals surface area contributed by atoms with Crippen molar-refractivity contribution in [3.8, 4) is 17.0 Å². The molecule has 1 heterocycles. The number of fused-ring (bicyclic) bond motifs is 3. The van der Waals surface area contributed by atoms with Gasteiger partial charge in [-0.15, -0.1) is 0 Å². The number of carbonyl (C=O) groups excluding carboxylic acids is 1. The Morgan fingerprint density at radius 2 is 2.04 bits per heavy atom. The molecule has 0 bridgehead atoms. The number of halogens is 3. The Balaban J connectivity index is 1.97. The summed E-state index contributed by atoms with van der Waals surface area (Å²) in [7, 11) is 0. The minimum Gasteiger partial charge on any atom is -0.490 e. The normalized spacial score (nSPS) is 18.4. The molecule has 0 aliphatic heterocycles. The van der Waals surface area contributed by atoms with Crippen molar-refractivity contribution in [1.82, 2.24) is 10.3 Å². The van der Waals surface area contributed by atoms with Crippen LogP contribution in [0.5, 0.6) is 5.75 Å². The zero-order valence-corrected chi connectivity index (χ0v) is 13.2. The number of benzene rings is 1. The van der Waals surface area contributed by atoms with Crippen LogP contribution in [0.25, 0.3) is 11.3 Å². The lowest BCUT2D eigenvalue weighted by Crippen LogP contribution is -2.41. The fraction of sp³-hybridized carbons (Fsp3) is 0.294. The van der Waals surface area contributed by atoms with Crippen molar-refractivity contribution < 1.29 is 27.8 Å². The number of ether oxygens (including phenoxy) is 1. The second kappa shape index (κ2) is 6.03. The first-order valence-electron chi connectivity index (χ1n) is 7.52. The zero-order chi connectivity index (χ0) is 18.2. The molecule has 2 aromatic rings. The maximum Gasteiger partial charge on any atom is 0.425 e. The third-order valence-corrected chi connectivity index (χ3v) is 3.98. The van der Waals surface area contributed by atoms with Crippen molar-refractivity contribution in [2.24, 2.45) is 0 Å². The number of aromatic nitrogens is 1. The highest BCUT2D eigenvalue weighted by Gasteiger charge is 2.61. The van der Waals surface area contributed by atoms with E-state index in [1.165, 1.54) is 31.3 Å². The highest BCUT2D eigenvalue weighted by molar-refractivity contribution is 5.78. The van der Waals surface area contributed by atoms with Gasteiger partial charge in [0, 0.05) is 23.6 Å². The molecule has 3 rings (SSSR count). The highest BCUT2D eigenvalue weighted by Crippen LogP contribution is 2.54. The van der Waals surface area contributed by atoms with Crippen molar-refractivity contribution in [3.05, 3.63) is 47.7 Å². The molecule has 1 atom stereocenters. The lowest BCUT2D eigenvalue weighted by molar-refractivity contribution is -0.246. The molecule has 132 valence electrons. The number of nitrogens with one attached hydrogen (secondary N) is 1. The van der Waals surface area contributed by atoms with E-state index in [0.717, 1.165) is 6.07 Å². The predicted octanol–water partition coefficient (Wildman–Crippen LogP) is 2.38. The number of aliphatic hydroxyl groups is 1. The molecule has 1 unspecified atom stereocenters. The zero-order valence-electron chi connectivity index (χ0n) is 13.2. The Bertz CT molecular complexity index is 823. The van der Waals surface area contributed by atoms with Crippen molar-refractivity contribution in [3.63, 3.8) is 0 Å². The van der Waals surface area contributed by atoms with E-state index in [9.17, 15) is 23.1 Å². The quantitative estimate of drug-likeness (QED) is 0.829. The van der Waals surface area contributed by atoms with Crippen molar-refractivity contribution >= 4 is 5.91 Å². The van der Waals surface area contributed by atoms with Gasteiger partial charge in [-0.05, 0) is 6.07 Å². The van der Waals surface area contributed by atoms with Crippen LogP contribution in [0.1, 0.15) is 18.1 Å². The topological polar surface area (TPSA) is 71.5 Å². The molecule has 8 heteroatoms. The third kappa shape index (κ3) is 2.82. The monoisotopic (exact) mass is 352 g/mol. The summed E-state index contributed by atoms with van der Waals surface area (Å²) in [6.07, 6.45) is -3.61. The maximum absolute atomic E-state index is 13.7. The summed E-state index contributed by atoms with van der Waals surface area (Å²) in [5, 5.41) is 13.0. The molecule has 25 heavy (non-hydrogen) atoms. The highest BCUT2D eigenvalue weighted by atomic mass is 19.4. The summed E-state index contributed by atoms with van der Waals surface area (Å²) in [5.41, 5.74) is -3.44. The van der Waals surface area contributed by atoms with Gasteiger partial charge in [-0.2, -0.15) is 13.2 Å². The van der Waals surface area contributed by atoms with Gasteiger partial charge >= 0.3 is 6.18 Å². The van der Waals surface area contributed by atoms with E-state index in [1.807, 2.05) is 0 Å². The van der Waals surface area contributed by atoms with Crippen LogP contribution in [-0.4, -0.2) is 35.3 Å². The molecule has 1 aliphatic rings. The first-order chi connectivity index (χ1) is 11.7. The molecule has 2 N–H and O–H groups in total. The van der Waals surface area contributed by atoms with Crippen LogP contribution < -0.4 is 10.1 Å². The molecular weight excluding hydrogens is 337 g/mol. The Hall–Kier alpha value is -2.61. The fourth-order valence-corrected chi connectivity index (χ4v) is 2.87. The standard InChI is InChI=1S/C17H15F3N2O3/c1-10(23)21-6-7-25-11-8-14-15(22-9-11)12-4-2-3-5-13(12)16(14,24)17(18,19)20/h2-5,8-9,24H,6-7H2,1H3,(H,21,23). The molecule has 1 aromatic carbocycles. The van der Waals surface area contributed by atoms with Crippen LogP contribution in [0.4, 0.5) is 13.2 Å². The Labute approximate surface area is 141 Å². The number of amides is 1. The molecule has 5 nitrogen and oxygen atoms in total. The minimum absolute atomic E-state index is 0.0669. The Morgan fingerprint density at radius 3 is 2.72 bits per heavy atom. The van der Waals surface area contributed by atoms with Crippen LogP contribution in [0, 0.1) is 0 Å². The van der Waals surface area contributed by atoms with E-state index in [1.54, 1.807) is 6.07 Å². The van der Waals surface area contributed by atoms with Gasteiger partial charge < -0.3 is 15.2 Å². The van der Waals surface area contributed by atoms with Gasteiger partial charge in [0.05, 0.1) is 18.4 Å². The van der Waals surface area contributed by atoms with Crippen molar-refractivity contribution in [2.45, 2.75) is 18.7 Å². The first kappa shape index (κ1) is 17.2. The molecule has 1 amide bonds.